The lowest BCUT2D eigenvalue weighted by atomic mass is 10.2. The topological polar surface area (TPSA) is 38.3 Å². The van der Waals surface area contributed by atoms with Crippen molar-refractivity contribution in [2.75, 3.05) is 12.4 Å². The van der Waals surface area contributed by atoms with Gasteiger partial charge in [0, 0.05) is 11.6 Å². The molecule has 4 heteroatoms. The highest BCUT2D eigenvalue weighted by Gasteiger charge is 2.04. The Labute approximate surface area is 116 Å². The van der Waals surface area contributed by atoms with E-state index in [9.17, 15) is 9.18 Å². The van der Waals surface area contributed by atoms with Gasteiger partial charge in [-0.2, -0.15) is 0 Å². The summed E-state index contributed by atoms with van der Waals surface area (Å²) in [5.74, 6) is -0.147. The van der Waals surface area contributed by atoms with Crippen molar-refractivity contribution in [3.05, 3.63) is 66.0 Å². The van der Waals surface area contributed by atoms with Crippen molar-refractivity contribution in [3.8, 4) is 5.75 Å². The Kier molecular flexibility index (Phi) is 4.50. The number of hydrogen-bond donors (Lipinski definition) is 1. The molecule has 0 saturated heterocycles. The molecule has 1 amide bonds. The van der Waals surface area contributed by atoms with Crippen LogP contribution in [0.25, 0.3) is 6.08 Å². The molecule has 2 aromatic carbocycles. The van der Waals surface area contributed by atoms with Gasteiger partial charge in [0.1, 0.15) is 11.6 Å². The fraction of sp³-hybridized carbons (Fsp3) is 0.0625. The lowest BCUT2D eigenvalue weighted by Gasteiger charge is -2.07. The van der Waals surface area contributed by atoms with E-state index in [0.717, 1.165) is 0 Å². The molecule has 0 heterocycles. The third-order valence-corrected chi connectivity index (χ3v) is 2.68. The lowest BCUT2D eigenvalue weighted by Crippen LogP contribution is -2.08. The van der Waals surface area contributed by atoms with Crippen LogP contribution in [-0.4, -0.2) is 13.0 Å². The van der Waals surface area contributed by atoms with Crippen LogP contribution in [0.15, 0.2) is 54.6 Å². The second-order valence-electron chi connectivity index (χ2n) is 4.04. The largest absolute Gasteiger partial charge is 0.495 e. The first-order valence-electron chi connectivity index (χ1n) is 6.07. The van der Waals surface area contributed by atoms with Gasteiger partial charge in [-0.1, -0.05) is 30.3 Å². The molecule has 0 aliphatic carbocycles. The van der Waals surface area contributed by atoms with Crippen molar-refractivity contribution in [2.45, 2.75) is 0 Å². The number of rotatable bonds is 4. The number of amides is 1. The molecule has 0 atom stereocenters. The van der Waals surface area contributed by atoms with E-state index in [1.165, 1.54) is 25.3 Å². The molecule has 0 unspecified atom stereocenters. The van der Waals surface area contributed by atoms with Gasteiger partial charge in [0.2, 0.25) is 5.91 Å². The van der Waals surface area contributed by atoms with Gasteiger partial charge in [0.25, 0.3) is 0 Å². The predicted octanol–water partition coefficient (Wildman–Crippen LogP) is 3.49. The van der Waals surface area contributed by atoms with E-state index in [2.05, 4.69) is 5.32 Å². The molecule has 0 bridgehead atoms. The zero-order valence-electron chi connectivity index (χ0n) is 11.0. The van der Waals surface area contributed by atoms with Crippen LogP contribution in [0.5, 0.6) is 5.75 Å². The molecule has 0 aliphatic heterocycles. The molecule has 2 rings (SSSR count). The Morgan fingerprint density at radius 2 is 1.85 bits per heavy atom. The van der Waals surface area contributed by atoms with Crippen molar-refractivity contribution < 1.29 is 13.9 Å². The quantitative estimate of drug-likeness (QED) is 0.864. The van der Waals surface area contributed by atoms with E-state index < -0.39 is 0 Å². The van der Waals surface area contributed by atoms with Gasteiger partial charge in [-0.25, -0.2) is 4.39 Å². The van der Waals surface area contributed by atoms with E-state index in [4.69, 9.17) is 4.74 Å². The Morgan fingerprint density at radius 1 is 1.15 bits per heavy atom. The number of benzene rings is 2. The summed E-state index contributed by atoms with van der Waals surface area (Å²) in [6.07, 6.45) is 2.71. The van der Waals surface area contributed by atoms with Gasteiger partial charge in [-0.05, 0) is 24.3 Å². The molecule has 0 aliphatic rings. The van der Waals surface area contributed by atoms with E-state index in [1.54, 1.807) is 36.4 Å². The standard InChI is InChI=1S/C16H14FNO2/c1-20-15-9-5-4-8-14(15)18-16(19)11-10-12-6-2-3-7-13(12)17/h2-11H,1H3,(H,18,19)/b11-10+. The maximum Gasteiger partial charge on any atom is 0.248 e. The summed E-state index contributed by atoms with van der Waals surface area (Å²) in [6.45, 7) is 0. The zero-order chi connectivity index (χ0) is 14.4. The maximum atomic E-state index is 13.4. The maximum absolute atomic E-state index is 13.4. The molecule has 0 saturated carbocycles. The smallest absolute Gasteiger partial charge is 0.248 e. The average molecular weight is 271 g/mol. The third kappa shape index (κ3) is 3.45. The number of carbonyl (C=O) groups excluding carboxylic acids is 1. The fourth-order valence-electron chi connectivity index (χ4n) is 1.70. The highest BCUT2D eigenvalue weighted by molar-refractivity contribution is 6.02. The molecule has 0 spiro atoms. The molecule has 102 valence electrons. The fourth-order valence-corrected chi connectivity index (χ4v) is 1.70. The van der Waals surface area contributed by atoms with Gasteiger partial charge < -0.3 is 10.1 Å². The summed E-state index contributed by atoms with van der Waals surface area (Å²) in [6, 6.07) is 13.3. The molecular weight excluding hydrogens is 257 g/mol. The number of methoxy groups -OCH3 is 1. The molecular formula is C16H14FNO2. The molecule has 1 N–H and O–H groups in total. The lowest BCUT2D eigenvalue weighted by molar-refractivity contribution is -0.111. The van der Waals surface area contributed by atoms with Crippen molar-refractivity contribution in [1.29, 1.82) is 0 Å². The molecule has 3 nitrogen and oxygen atoms in total. The van der Waals surface area contributed by atoms with Crippen molar-refractivity contribution in [1.82, 2.24) is 0 Å². The third-order valence-electron chi connectivity index (χ3n) is 2.68. The average Bonchev–Trinajstić information content (AvgIpc) is 2.47. The highest BCUT2D eigenvalue weighted by atomic mass is 19.1. The summed E-state index contributed by atoms with van der Waals surface area (Å²) in [4.78, 5) is 11.8. The second-order valence-corrected chi connectivity index (χ2v) is 4.04. The number of ether oxygens (including phenoxy) is 1. The Morgan fingerprint density at radius 3 is 2.60 bits per heavy atom. The molecule has 0 aromatic heterocycles. The van der Waals surface area contributed by atoms with Gasteiger partial charge in [-0.15, -0.1) is 0 Å². The number of anilines is 1. The first-order valence-corrected chi connectivity index (χ1v) is 6.07. The number of hydrogen-bond acceptors (Lipinski definition) is 2. The Bertz CT molecular complexity index is 638. The highest BCUT2D eigenvalue weighted by Crippen LogP contribution is 2.22. The molecule has 2 aromatic rings. The zero-order valence-corrected chi connectivity index (χ0v) is 11.0. The summed E-state index contributed by atoms with van der Waals surface area (Å²) in [5, 5.41) is 2.68. The van der Waals surface area contributed by atoms with Crippen molar-refractivity contribution in [2.24, 2.45) is 0 Å². The minimum Gasteiger partial charge on any atom is -0.495 e. The predicted molar refractivity (Wildman–Crippen MR) is 77.1 cm³/mol. The first-order chi connectivity index (χ1) is 9.70. The summed E-state index contributed by atoms with van der Waals surface area (Å²) >= 11 is 0. The van der Waals surface area contributed by atoms with Crippen molar-refractivity contribution in [3.63, 3.8) is 0 Å². The van der Waals surface area contributed by atoms with E-state index in [-0.39, 0.29) is 11.7 Å². The summed E-state index contributed by atoms with van der Waals surface area (Å²) in [7, 11) is 1.53. The van der Waals surface area contributed by atoms with Gasteiger partial charge in [0.05, 0.1) is 12.8 Å². The van der Waals surface area contributed by atoms with Crippen LogP contribution in [0.4, 0.5) is 10.1 Å². The van der Waals surface area contributed by atoms with E-state index in [0.29, 0.717) is 17.0 Å². The SMILES string of the molecule is COc1ccccc1NC(=O)/C=C/c1ccccc1F. The van der Waals surface area contributed by atoms with Crippen LogP contribution in [0.1, 0.15) is 5.56 Å². The van der Waals surface area contributed by atoms with Crippen LogP contribution < -0.4 is 10.1 Å². The summed E-state index contributed by atoms with van der Waals surface area (Å²) < 4.78 is 18.5. The molecule has 20 heavy (non-hydrogen) atoms. The minimum absolute atomic E-state index is 0.349. The minimum atomic E-state index is -0.367. The van der Waals surface area contributed by atoms with Crippen LogP contribution in [0.2, 0.25) is 0 Å². The van der Waals surface area contributed by atoms with Crippen LogP contribution in [0.3, 0.4) is 0 Å². The van der Waals surface area contributed by atoms with Gasteiger partial charge >= 0.3 is 0 Å². The van der Waals surface area contributed by atoms with E-state index in [1.807, 2.05) is 6.07 Å². The Balaban J connectivity index is 2.08. The number of carbonyl (C=O) groups is 1. The number of nitrogens with one attached hydrogen (secondary N) is 1. The number of para-hydroxylation sites is 2. The molecule has 0 fully saturated rings. The monoisotopic (exact) mass is 271 g/mol. The molecule has 0 radical (unpaired) electrons. The van der Waals surface area contributed by atoms with Crippen molar-refractivity contribution >= 4 is 17.7 Å². The Hall–Kier alpha value is -2.62. The van der Waals surface area contributed by atoms with Crippen LogP contribution >= 0.6 is 0 Å². The van der Waals surface area contributed by atoms with Gasteiger partial charge in [-0.3, -0.25) is 4.79 Å². The summed E-state index contributed by atoms with van der Waals surface area (Å²) in [5.41, 5.74) is 0.931. The van der Waals surface area contributed by atoms with Crippen LogP contribution in [-0.2, 0) is 4.79 Å². The van der Waals surface area contributed by atoms with Gasteiger partial charge in [0.15, 0.2) is 0 Å². The second kappa shape index (κ2) is 6.52. The first kappa shape index (κ1) is 13.8. The van der Waals surface area contributed by atoms with E-state index >= 15 is 0 Å². The normalized spacial score (nSPS) is 10.5. The van der Waals surface area contributed by atoms with Crippen LogP contribution in [0, 0.1) is 5.82 Å². The number of halogens is 1.